The summed E-state index contributed by atoms with van der Waals surface area (Å²) in [6, 6.07) is 3.21. The quantitative estimate of drug-likeness (QED) is 0.878. The van der Waals surface area contributed by atoms with Crippen LogP contribution in [-0.4, -0.2) is 49.5 Å². The maximum atomic E-state index is 12.7. The van der Waals surface area contributed by atoms with Gasteiger partial charge in [0.2, 0.25) is 0 Å². The molecule has 0 aromatic carbocycles. The van der Waals surface area contributed by atoms with Gasteiger partial charge in [-0.1, -0.05) is 13.0 Å². The van der Waals surface area contributed by atoms with Crippen LogP contribution in [0.4, 0.5) is 0 Å². The van der Waals surface area contributed by atoms with E-state index in [0.717, 1.165) is 12.1 Å². The van der Waals surface area contributed by atoms with Crippen LogP contribution >= 0.6 is 0 Å². The van der Waals surface area contributed by atoms with Gasteiger partial charge in [-0.2, -0.15) is 4.31 Å². The summed E-state index contributed by atoms with van der Waals surface area (Å²) < 4.78 is 32.3. The average Bonchev–Trinajstić information content (AvgIpc) is 2.48. The number of ether oxygens (including phenoxy) is 1. The molecule has 1 fully saturated rings. The zero-order chi connectivity index (χ0) is 15.5. The molecule has 7 heteroatoms. The van der Waals surface area contributed by atoms with E-state index in [4.69, 9.17) is 4.74 Å². The van der Waals surface area contributed by atoms with E-state index >= 15 is 0 Å². The zero-order valence-electron chi connectivity index (χ0n) is 12.7. The summed E-state index contributed by atoms with van der Waals surface area (Å²) in [5.41, 5.74) is 0.971. The Balaban J connectivity index is 2.18. The summed E-state index contributed by atoms with van der Waals surface area (Å²) in [6.45, 7) is 8.08. The zero-order valence-corrected chi connectivity index (χ0v) is 13.6. The number of morpholine rings is 1. The van der Waals surface area contributed by atoms with Gasteiger partial charge in [0.25, 0.3) is 10.0 Å². The Bertz CT molecular complexity index is 559. The summed E-state index contributed by atoms with van der Waals surface area (Å²) in [5, 5.41) is 3.28. The first-order chi connectivity index (χ1) is 9.95. The summed E-state index contributed by atoms with van der Waals surface area (Å²) in [4.78, 5) is 4.13. The van der Waals surface area contributed by atoms with Crippen LogP contribution in [0.3, 0.4) is 0 Å². The molecule has 2 heterocycles. The van der Waals surface area contributed by atoms with Crippen LogP contribution in [0.1, 0.15) is 26.3 Å². The highest BCUT2D eigenvalue weighted by molar-refractivity contribution is 7.89. The van der Waals surface area contributed by atoms with Gasteiger partial charge in [-0.15, -0.1) is 0 Å². The SMILES string of the molecule is CCNCc1ccc(S(=O)(=O)N2CC(C)OCC2C)nc1. The minimum atomic E-state index is -3.56. The fourth-order valence-electron chi connectivity index (χ4n) is 2.27. The molecule has 0 aliphatic carbocycles. The topological polar surface area (TPSA) is 71.5 Å². The van der Waals surface area contributed by atoms with Gasteiger partial charge >= 0.3 is 0 Å². The Morgan fingerprint density at radius 3 is 2.81 bits per heavy atom. The molecule has 1 aromatic heterocycles. The minimum Gasteiger partial charge on any atom is -0.375 e. The van der Waals surface area contributed by atoms with Crippen LogP contribution in [0.25, 0.3) is 0 Å². The highest BCUT2D eigenvalue weighted by Crippen LogP contribution is 2.21. The lowest BCUT2D eigenvalue weighted by Crippen LogP contribution is -2.50. The molecular weight excluding hydrogens is 290 g/mol. The molecule has 0 radical (unpaired) electrons. The van der Waals surface area contributed by atoms with Crippen molar-refractivity contribution in [3.63, 3.8) is 0 Å². The molecule has 1 saturated heterocycles. The van der Waals surface area contributed by atoms with Crippen molar-refractivity contribution in [3.8, 4) is 0 Å². The third-order valence-corrected chi connectivity index (χ3v) is 5.40. The minimum absolute atomic E-state index is 0.0935. The lowest BCUT2D eigenvalue weighted by atomic mass is 10.2. The van der Waals surface area contributed by atoms with Gasteiger partial charge in [-0.25, -0.2) is 13.4 Å². The van der Waals surface area contributed by atoms with E-state index in [0.29, 0.717) is 19.7 Å². The third kappa shape index (κ3) is 3.79. The Kier molecular flexibility index (Phi) is 5.32. The second-order valence-electron chi connectivity index (χ2n) is 5.35. The van der Waals surface area contributed by atoms with E-state index < -0.39 is 10.0 Å². The lowest BCUT2D eigenvalue weighted by Gasteiger charge is -2.35. The van der Waals surface area contributed by atoms with Crippen molar-refractivity contribution in [3.05, 3.63) is 23.9 Å². The van der Waals surface area contributed by atoms with E-state index in [1.807, 2.05) is 20.8 Å². The fraction of sp³-hybridized carbons (Fsp3) is 0.643. The van der Waals surface area contributed by atoms with Crippen molar-refractivity contribution in [2.45, 2.75) is 44.5 Å². The Morgan fingerprint density at radius 2 is 2.19 bits per heavy atom. The first kappa shape index (κ1) is 16.4. The number of aromatic nitrogens is 1. The number of hydrogen-bond donors (Lipinski definition) is 1. The first-order valence-corrected chi connectivity index (χ1v) is 8.68. The van der Waals surface area contributed by atoms with Gasteiger partial charge in [0.15, 0.2) is 5.03 Å². The van der Waals surface area contributed by atoms with Crippen molar-refractivity contribution in [2.75, 3.05) is 19.7 Å². The summed E-state index contributed by atoms with van der Waals surface area (Å²) >= 11 is 0. The van der Waals surface area contributed by atoms with Crippen LogP contribution in [0.15, 0.2) is 23.4 Å². The van der Waals surface area contributed by atoms with E-state index in [1.54, 1.807) is 18.3 Å². The number of hydrogen-bond acceptors (Lipinski definition) is 5. The fourth-order valence-corrected chi connectivity index (χ4v) is 3.87. The van der Waals surface area contributed by atoms with Gasteiger partial charge in [0, 0.05) is 25.3 Å². The molecule has 2 atom stereocenters. The van der Waals surface area contributed by atoms with Crippen molar-refractivity contribution in [2.24, 2.45) is 0 Å². The monoisotopic (exact) mass is 313 g/mol. The molecule has 2 rings (SSSR count). The predicted octanol–water partition coefficient (Wildman–Crippen LogP) is 0.989. The highest BCUT2D eigenvalue weighted by Gasteiger charge is 2.34. The van der Waals surface area contributed by atoms with E-state index in [-0.39, 0.29) is 17.2 Å². The summed E-state index contributed by atoms with van der Waals surface area (Å²) in [6.07, 6.45) is 1.52. The normalized spacial score (nSPS) is 24.1. The van der Waals surface area contributed by atoms with Gasteiger partial charge in [0.05, 0.1) is 12.7 Å². The molecule has 21 heavy (non-hydrogen) atoms. The van der Waals surface area contributed by atoms with Crippen LogP contribution in [0, 0.1) is 0 Å². The van der Waals surface area contributed by atoms with Crippen LogP contribution in [0.2, 0.25) is 0 Å². The van der Waals surface area contributed by atoms with Crippen molar-refractivity contribution < 1.29 is 13.2 Å². The van der Waals surface area contributed by atoms with Crippen LogP contribution < -0.4 is 5.32 Å². The average molecular weight is 313 g/mol. The molecule has 1 N–H and O–H groups in total. The van der Waals surface area contributed by atoms with Crippen molar-refractivity contribution in [1.29, 1.82) is 0 Å². The van der Waals surface area contributed by atoms with Crippen molar-refractivity contribution >= 4 is 10.0 Å². The molecule has 0 amide bonds. The number of nitrogens with zero attached hydrogens (tertiary/aromatic N) is 2. The highest BCUT2D eigenvalue weighted by atomic mass is 32.2. The van der Waals surface area contributed by atoms with E-state index in [9.17, 15) is 8.42 Å². The van der Waals surface area contributed by atoms with Crippen molar-refractivity contribution in [1.82, 2.24) is 14.6 Å². The maximum Gasteiger partial charge on any atom is 0.260 e. The van der Waals surface area contributed by atoms with Gasteiger partial charge < -0.3 is 10.1 Å². The number of rotatable bonds is 5. The van der Waals surface area contributed by atoms with Crippen LogP contribution in [0.5, 0.6) is 0 Å². The molecule has 118 valence electrons. The number of sulfonamides is 1. The second-order valence-corrected chi connectivity index (χ2v) is 7.19. The van der Waals surface area contributed by atoms with E-state index in [1.165, 1.54) is 4.31 Å². The number of nitrogens with one attached hydrogen (secondary N) is 1. The number of pyridine rings is 1. The Hall–Kier alpha value is -1.02. The first-order valence-electron chi connectivity index (χ1n) is 7.24. The molecule has 2 unspecified atom stereocenters. The standard InChI is InChI=1S/C14H23N3O3S/c1-4-15-7-13-5-6-14(16-8-13)21(18,19)17-9-12(3)20-10-11(17)2/h5-6,8,11-12,15H,4,7,9-10H2,1-3H3. The summed E-state index contributed by atoms with van der Waals surface area (Å²) in [7, 11) is -3.56. The van der Waals surface area contributed by atoms with Gasteiger partial charge in [-0.05, 0) is 32.0 Å². The Morgan fingerprint density at radius 1 is 1.43 bits per heavy atom. The maximum absolute atomic E-state index is 12.7. The molecule has 1 aromatic rings. The molecule has 1 aliphatic heterocycles. The summed E-state index contributed by atoms with van der Waals surface area (Å²) in [5.74, 6) is 0. The largest absolute Gasteiger partial charge is 0.375 e. The molecule has 0 spiro atoms. The van der Waals surface area contributed by atoms with Crippen LogP contribution in [-0.2, 0) is 21.3 Å². The Labute approximate surface area is 126 Å². The molecule has 0 saturated carbocycles. The van der Waals surface area contributed by atoms with E-state index in [2.05, 4.69) is 10.3 Å². The molecular formula is C14H23N3O3S. The second kappa shape index (κ2) is 6.83. The molecule has 1 aliphatic rings. The van der Waals surface area contributed by atoms with Gasteiger partial charge in [-0.3, -0.25) is 0 Å². The molecule has 0 bridgehead atoms. The smallest absolute Gasteiger partial charge is 0.260 e. The predicted molar refractivity (Wildman–Crippen MR) is 80.4 cm³/mol. The third-order valence-electron chi connectivity index (χ3n) is 3.50. The van der Waals surface area contributed by atoms with Gasteiger partial charge in [0.1, 0.15) is 0 Å². The molecule has 6 nitrogen and oxygen atoms in total. The lowest BCUT2D eigenvalue weighted by molar-refractivity contribution is -0.0171.